The van der Waals surface area contributed by atoms with Crippen LogP contribution in [-0.4, -0.2) is 31.5 Å². The molecule has 1 N–H and O–H groups in total. The van der Waals surface area contributed by atoms with E-state index < -0.39 is 11.9 Å². The lowest BCUT2D eigenvalue weighted by atomic mass is 10.1. The third-order valence-electron chi connectivity index (χ3n) is 3.95. The van der Waals surface area contributed by atoms with Crippen molar-refractivity contribution < 1.29 is 18.7 Å². The minimum absolute atomic E-state index is 0.128. The van der Waals surface area contributed by atoms with Gasteiger partial charge in [0.15, 0.2) is 11.6 Å². The summed E-state index contributed by atoms with van der Waals surface area (Å²) >= 11 is 0. The minimum atomic E-state index is -0.519. The molecule has 5 nitrogen and oxygen atoms in total. The zero-order valence-electron chi connectivity index (χ0n) is 11.8. The predicted octanol–water partition coefficient (Wildman–Crippen LogP) is 1.47. The van der Waals surface area contributed by atoms with Crippen LogP contribution in [0.3, 0.4) is 0 Å². The molecule has 1 aliphatic heterocycles. The Morgan fingerprint density at radius 3 is 2.71 bits per heavy atom. The van der Waals surface area contributed by atoms with Crippen LogP contribution in [0.25, 0.3) is 0 Å². The van der Waals surface area contributed by atoms with Crippen LogP contribution < -0.4 is 15.0 Å². The highest BCUT2D eigenvalue weighted by atomic mass is 19.1. The Morgan fingerprint density at radius 1 is 1.33 bits per heavy atom. The molecule has 1 atom stereocenters. The largest absolute Gasteiger partial charge is 0.494 e. The molecular formula is C15H17FN2O3. The van der Waals surface area contributed by atoms with Crippen molar-refractivity contribution in [2.75, 3.05) is 18.6 Å². The molecule has 2 amide bonds. The van der Waals surface area contributed by atoms with E-state index in [4.69, 9.17) is 4.74 Å². The molecule has 1 aliphatic carbocycles. The van der Waals surface area contributed by atoms with Gasteiger partial charge in [-0.05, 0) is 30.9 Å². The van der Waals surface area contributed by atoms with E-state index >= 15 is 0 Å². The van der Waals surface area contributed by atoms with Crippen LogP contribution in [0.4, 0.5) is 10.1 Å². The maximum Gasteiger partial charge on any atom is 0.249 e. The van der Waals surface area contributed by atoms with Crippen LogP contribution in [0, 0.1) is 11.7 Å². The van der Waals surface area contributed by atoms with Crippen LogP contribution in [0.15, 0.2) is 18.2 Å². The number of amides is 2. The molecule has 21 heavy (non-hydrogen) atoms. The number of methoxy groups -OCH3 is 1. The average Bonchev–Trinajstić information content (AvgIpc) is 3.29. The van der Waals surface area contributed by atoms with Crippen molar-refractivity contribution in [3.63, 3.8) is 0 Å². The minimum Gasteiger partial charge on any atom is -0.494 e. The smallest absolute Gasteiger partial charge is 0.249 e. The fourth-order valence-corrected chi connectivity index (χ4v) is 2.63. The molecule has 1 heterocycles. The first-order valence-electron chi connectivity index (χ1n) is 7.04. The van der Waals surface area contributed by atoms with Crippen LogP contribution in [0.2, 0.25) is 0 Å². The molecule has 2 aliphatic rings. The SMILES string of the molecule is COc1ccc(N2CCC(=O)NC(C3CC3)C2=O)cc1F. The Hall–Kier alpha value is -2.11. The second kappa shape index (κ2) is 5.35. The number of nitrogens with one attached hydrogen (secondary N) is 1. The van der Waals surface area contributed by atoms with Crippen molar-refractivity contribution in [2.45, 2.75) is 25.3 Å². The molecule has 6 heteroatoms. The predicted molar refractivity (Wildman–Crippen MR) is 74.6 cm³/mol. The van der Waals surface area contributed by atoms with E-state index in [1.54, 1.807) is 6.07 Å². The number of nitrogens with zero attached hydrogens (tertiary/aromatic N) is 1. The number of hydrogen-bond donors (Lipinski definition) is 1. The van der Waals surface area contributed by atoms with E-state index in [9.17, 15) is 14.0 Å². The maximum atomic E-state index is 13.8. The monoisotopic (exact) mass is 292 g/mol. The Balaban J connectivity index is 1.90. The molecule has 1 saturated heterocycles. The summed E-state index contributed by atoms with van der Waals surface area (Å²) in [5.74, 6) is -0.460. The van der Waals surface area contributed by atoms with Gasteiger partial charge in [0, 0.05) is 24.7 Å². The van der Waals surface area contributed by atoms with Gasteiger partial charge in [0.25, 0.3) is 0 Å². The molecule has 1 saturated carbocycles. The lowest BCUT2D eigenvalue weighted by molar-refractivity contribution is -0.126. The number of halogens is 1. The third-order valence-corrected chi connectivity index (χ3v) is 3.95. The zero-order chi connectivity index (χ0) is 15.0. The summed E-state index contributed by atoms with van der Waals surface area (Å²) < 4.78 is 18.7. The van der Waals surface area contributed by atoms with E-state index in [-0.39, 0.29) is 36.4 Å². The second-order valence-electron chi connectivity index (χ2n) is 5.44. The number of ether oxygens (including phenoxy) is 1. The molecule has 1 aromatic carbocycles. The summed E-state index contributed by atoms with van der Waals surface area (Å²) in [5, 5.41) is 2.78. The van der Waals surface area contributed by atoms with Crippen LogP contribution in [0.1, 0.15) is 19.3 Å². The molecule has 0 aromatic heterocycles. The fourth-order valence-electron chi connectivity index (χ4n) is 2.63. The molecule has 112 valence electrons. The van der Waals surface area contributed by atoms with E-state index in [1.807, 2.05) is 0 Å². The van der Waals surface area contributed by atoms with Gasteiger partial charge in [-0.15, -0.1) is 0 Å². The standard InChI is InChI=1S/C15H17FN2O3/c1-21-12-5-4-10(8-11(12)16)18-7-6-13(19)17-14(15(18)20)9-2-3-9/h4-5,8-9,14H,2-3,6-7H2,1H3,(H,17,19). The Morgan fingerprint density at radius 2 is 2.10 bits per heavy atom. The van der Waals surface area contributed by atoms with Gasteiger partial charge in [-0.3, -0.25) is 9.59 Å². The van der Waals surface area contributed by atoms with Crippen molar-refractivity contribution >= 4 is 17.5 Å². The summed E-state index contributed by atoms with van der Waals surface area (Å²) in [7, 11) is 1.39. The quantitative estimate of drug-likeness (QED) is 0.917. The number of benzene rings is 1. The van der Waals surface area contributed by atoms with Gasteiger partial charge >= 0.3 is 0 Å². The van der Waals surface area contributed by atoms with Crippen molar-refractivity contribution in [3.8, 4) is 5.75 Å². The zero-order valence-corrected chi connectivity index (χ0v) is 11.8. The van der Waals surface area contributed by atoms with Gasteiger partial charge in [-0.25, -0.2) is 4.39 Å². The van der Waals surface area contributed by atoms with Crippen LogP contribution in [0.5, 0.6) is 5.75 Å². The first-order chi connectivity index (χ1) is 10.1. The third kappa shape index (κ3) is 2.70. The van der Waals surface area contributed by atoms with Gasteiger partial charge in [-0.2, -0.15) is 0 Å². The second-order valence-corrected chi connectivity index (χ2v) is 5.44. The van der Waals surface area contributed by atoms with Crippen molar-refractivity contribution in [1.82, 2.24) is 5.32 Å². The summed E-state index contributed by atoms with van der Waals surface area (Å²) in [6.45, 7) is 0.264. The average molecular weight is 292 g/mol. The topological polar surface area (TPSA) is 58.6 Å². The van der Waals surface area contributed by atoms with Gasteiger partial charge < -0.3 is 15.0 Å². The number of carbonyl (C=O) groups excluding carboxylic acids is 2. The first kappa shape index (κ1) is 13.9. The molecule has 1 aromatic rings. The first-order valence-corrected chi connectivity index (χ1v) is 7.04. The number of carbonyl (C=O) groups is 2. The van der Waals surface area contributed by atoms with Gasteiger partial charge in [0.1, 0.15) is 6.04 Å². The van der Waals surface area contributed by atoms with Gasteiger partial charge in [0.2, 0.25) is 11.8 Å². The van der Waals surface area contributed by atoms with Crippen molar-refractivity contribution in [1.29, 1.82) is 0 Å². The molecule has 2 fully saturated rings. The van der Waals surface area contributed by atoms with E-state index in [0.29, 0.717) is 5.69 Å². The highest BCUT2D eigenvalue weighted by molar-refractivity contribution is 6.01. The normalized spacial score (nSPS) is 22.8. The summed E-state index contributed by atoms with van der Waals surface area (Å²) in [6, 6.07) is 3.92. The van der Waals surface area contributed by atoms with Crippen molar-refractivity contribution in [3.05, 3.63) is 24.0 Å². The molecule has 0 spiro atoms. The van der Waals surface area contributed by atoms with Gasteiger partial charge in [-0.1, -0.05) is 0 Å². The summed E-state index contributed by atoms with van der Waals surface area (Å²) in [4.78, 5) is 25.8. The number of rotatable bonds is 3. The van der Waals surface area contributed by atoms with Gasteiger partial charge in [0.05, 0.1) is 7.11 Å². The molecule has 0 bridgehead atoms. The summed E-state index contributed by atoms with van der Waals surface area (Å²) in [6.07, 6.45) is 2.12. The van der Waals surface area contributed by atoms with Crippen molar-refractivity contribution in [2.24, 2.45) is 5.92 Å². The summed E-state index contributed by atoms with van der Waals surface area (Å²) in [5.41, 5.74) is 0.459. The van der Waals surface area contributed by atoms with E-state index in [1.165, 1.54) is 24.1 Å². The highest BCUT2D eigenvalue weighted by Gasteiger charge is 2.41. The Kier molecular flexibility index (Phi) is 3.53. The maximum absolute atomic E-state index is 13.8. The lowest BCUT2D eigenvalue weighted by Crippen LogP contribution is -2.46. The Bertz CT molecular complexity index is 586. The molecule has 3 rings (SSSR count). The highest BCUT2D eigenvalue weighted by Crippen LogP contribution is 2.35. The molecule has 0 radical (unpaired) electrons. The van der Waals surface area contributed by atoms with E-state index in [0.717, 1.165) is 12.8 Å². The van der Waals surface area contributed by atoms with Crippen LogP contribution >= 0.6 is 0 Å². The molecular weight excluding hydrogens is 275 g/mol. The molecule has 1 unspecified atom stereocenters. The number of hydrogen-bond acceptors (Lipinski definition) is 3. The fraction of sp³-hybridized carbons (Fsp3) is 0.467. The van der Waals surface area contributed by atoms with Crippen LogP contribution in [-0.2, 0) is 9.59 Å². The number of anilines is 1. The van der Waals surface area contributed by atoms with E-state index in [2.05, 4.69) is 5.32 Å². The lowest BCUT2D eigenvalue weighted by Gasteiger charge is -2.24. The Labute approximate surface area is 122 Å².